The van der Waals surface area contributed by atoms with Gasteiger partial charge in [-0.2, -0.15) is 0 Å². The Labute approximate surface area is 299 Å². The minimum Gasteiger partial charge on any atom is -0.462 e. The molecule has 5 saturated carbocycles. The van der Waals surface area contributed by atoms with E-state index < -0.39 is 17.9 Å². The highest BCUT2D eigenvalue weighted by Gasteiger charge is 2.71. The molecule has 5 fully saturated rings. The number of aliphatic hydroxyl groups is 1. The summed E-state index contributed by atoms with van der Waals surface area (Å²) >= 11 is 0. The van der Waals surface area contributed by atoms with Gasteiger partial charge in [-0.15, -0.1) is 0 Å². The molecule has 7 nitrogen and oxygen atoms in total. The first-order valence-electron chi connectivity index (χ1n) is 19.1. The Morgan fingerprint density at radius 3 is 2.20 bits per heavy atom. The lowest BCUT2D eigenvalue weighted by molar-refractivity contribution is -0.249. The lowest BCUT2D eigenvalue weighted by Gasteiger charge is -2.73. The van der Waals surface area contributed by atoms with Crippen LogP contribution in [0.25, 0.3) is 6.08 Å². The van der Waals surface area contributed by atoms with Crippen LogP contribution >= 0.6 is 0 Å². The summed E-state index contributed by atoms with van der Waals surface area (Å²) in [7, 11) is 0. The van der Waals surface area contributed by atoms with E-state index in [0.29, 0.717) is 41.8 Å². The molecule has 10 atom stereocenters. The number of carbonyl (C=O) groups is 3. The van der Waals surface area contributed by atoms with E-state index in [4.69, 9.17) is 14.2 Å². The first-order chi connectivity index (χ1) is 23.4. The van der Waals surface area contributed by atoms with Crippen LogP contribution < -0.4 is 9.47 Å². The number of ether oxygens (including phenoxy) is 3. The molecular weight excluding hydrogens is 628 g/mol. The van der Waals surface area contributed by atoms with Crippen molar-refractivity contribution in [1.82, 2.24) is 0 Å². The fourth-order valence-corrected chi connectivity index (χ4v) is 13.1. The monoisotopic (exact) mass is 688 g/mol. The third-order valence-electron chi connectivity index (χ3n) is 15.6. The van der Waals surface area contributed by atoms with Crippen molar-refractivity contribution in [2.45, 2.75) is 126 Å². The van der Waals surface area contributed by atoms with Gasteiger partial charge < -0.3 is 19.3 Å². The highest BCUT2D eigenvalue weighted by Crippen LogP contribution is 2.77. The van der Waals surface area contributed by atoms with Crippen molar-refractivity contribution in [3.63, 3.8) is 0 Å². The van der Waals surface area contributed by atoms with Crippen molar-refractivity contribution in [3.05, 3.63) is 42.0 Å². The molecule has 7 heteroatoms. The number of hydrogen-bond acceptors (Lipinski definition) is 7. The van der Waals surface area contributed by atoms with Gasteiger partial charge in [0.15, 0.2) is 11.5 Å². The number of rotatable bonds is 7. The van der Waals surface area contributed by atoms with E-state index in [9.17, 15) is 19.5 Å². The van der Waals surface area contributed by atoms with Crippen LogP contribution in [-0.4, -0.2) is 35.7 Å². The number of fused-ring (bicyclic) bond motifs is 7. The Kier molecular flexibility index (Phi) is 9.53. The van der Waals surface area contributed by atoms with Crippen molar-refractivity contribution in [2.24, 2.45) is 56.7 Å². The Morgan fingerprint density at radius 2 is 1.52 bits per heavy atom. The van der Waals surface area contributed by atoms with Crippen LogP contribution in [0, 0.1) is 56.7 Å². The van der Waals surface area contributed by atoms with E-state index in [1.807, 2.05) is 0 Å². The average Bonchev–Trinajstić information content (AvgIpc) is 3.42. The zero-order chi connectivity index (χ0) is 36.4. The Hall–Kier alpha value is -2.93. The van der Waals surface area contributed by atoms with Gasteiger partial charge in [0.25, 0.3) is 0 Å². The zero-order valence-electron chi connectivity index (χ0n) is 31.7. The fourth-order valence-electron chi connectivity index (χ4n) is 13.1. The molecule has 5 aliphatic rings. The highest BCUT2D eigenvalue weighted by molar-refractivity contribution is 5.87. The predicted molar refractivity (Wildman–Crippen MR) is 194 cm³/mol. The van der Waals surface area contributed by atoms with Gasteiger partial charge in [0.1, 0.15) is 0 Å². The van der Waals surface area contributed by atoms with E-state index in [1.165, 1.54) is 51.2 Å². The number of aliphatic hydroxyl groups excluding tert-OH is 1. The SMILES string of the molecule is C=C(C)[C@@H]1CC[C@]2(COC(=O)/C=C/c3ccc(OC(C)=O)c(OC(C)=O)c3)CC[C@]3(C)[C@H](CC[C@@H]4[C@@]5(C)CC[C@H](O)C(C)(C)[C@@H]5CC[C@]43C)[C@@H]12. The smallest absolute Gasteiger partial charge is 0.330 e. The molecule has 50 heavy (non-hydrogen) atoms. The van der Waals surface area contributed by atoms with Crippen LogP contribution in [0.3, 0.4) is 0 Å². The van der Waals surface area contributed by atoms with Crippen LogP contribution in [0.15, 0.2) is 36.4 Å². The van der Waals surface area contributed by atoms with Crippen LogP contribution in [0.1, 0.15) is 125 Å². The van der Waals surface area contributed by atoms with Crippen LogP contribution in [0.4, 0.5) is 0 Å². The predicted octanol–water partition coefficient (Wildman–Crippen LogP) is 9.11. The first kappa shape index (κ1) is 36.8. The molecule has 0 spiro atoms. The second kappa shape index (κ2) is 12.9. The summed E-state index contributed by atoms with van der Waals surface area (Å²) in [6.07, 6.45) is 14.1. The summed E-state index contributed by atoms with van der Waals surface area (Å²) in [4.78, 5) is 36.4. The Balaban J connectivity index is 1.22. The van der Waals surface area contributed by atoms with Gasteiger partial charge >= 0.3 is 17.9 Å². The van der Waals surface area contributed by atoms with E-state index in [2.05, 4.69) is 48.1 Å². The Bertz CT molecular complexity index is 1570. The third kappa shape index (κ3) is 5.87. The van der Waals surface area contributed by atoms with Crippen LogP contribution in [-0.2, 0) is 19.1 Å². The first-order valence-corrected chi connectivity index (χ1v) is 19.1. The van der Waals surface area contributed by atoms with E-state index >= 15 is 0 Å². The molecule has 1 aromatic rings. The maximum absolute atomic E-state index is 13.3. The molecule has 6 rings (SSSR count). The van der Waals surface area contributed by atoms with E-state index in [-0.39, 0.29) is 44.7 Å². The van der Waals surface area contributed by atoms with Crippen LogP contribution in [0.2, 0.25) is 0 Å². The number of benzene rings is 1. The summed E-state index contributed by atoms with van der Waals surface area (Å²) in [5.74, 6) is 1.40. The minimum absolute atomic E-state index is 0.0550. The molecule has 0 radical (unpaired) electrons. The second-order valence-electron chi connectivity index (χ2n) is 18.3. The largest absolute Gasteiger partial charge is 0.462 e. The second-order valence-corrected chi connectivity index (χ2v) is 18.3. The molecule has 0 saturated heterocycles. The van der Waals surface area contributed by atoms with Crippen molar-refractivity contribution in [1.29, 1.82) is 0 Å². The summed E-state index contributed by atoms with van der Waals surface area (Å²) < 4.78 is 16.6. The molecule has 0 amide bonds. The standard InChI is InChI=1S/C43H60O7/c1-26(2)30-16-21-43(25-48-37(47)15-11-29-10-13-32(49-27(3)44)33(24-29)50-28(4)45)23-22-41(8)31(38(30)43)12-14-35-40(7)19-18-36(46)39(5,6)34(40)17-20-42(35,41)9/h10-11,13,15,24,30-31,34-36,38,46H,1,12,14,16-23,25H2,2-9H3/b15-11+/t30-,31+,34-,35+,36-,38+,40-,41+,42+,43+/m0/s1. The fraction of sp³-hybridized carbons (Fsp3) is 0.698. The van der Waals surface area contributed by atoms with Gasteiger partial charge in [-0.25, -0.2) is 4.79 Å². The van der Waals surface area contributed by atoms with Gasteiger partial charge in [0.05, 0.1) is 12.7 Å². The van der Waals surface area contributed by atoms with Gasteiger partial charge in [0.2, 0.25) is 0 Å². The maximum Gasteiger partial charge on any atom is 0.330 e. The molecule has 0 aliphatic heterocycles. The summed E-state index contributed by atoms with van der Waals surface area (Å²) in [6, 6.07) is 4.81. The quantitative estimate of drug-likeness (QED) is 0.132. The van der Waals surface area contributed by atoms with E-state index in [0.717, 1.165) is 38.5 Å². The van der Waals surface area contributed by atoms with Crippen LogP contribution in [0.5, 0.6) is 11.5 Å². The number of esters is 3. The molecular formula is C43H60O7. The topological polar surface area (TPSA) is 99.1 Å². The lowest BCUT2D eigenvalue weighted by Crippen LogP contribution is -2.66. The molecule has 0 aromatic heterocycles. The maximum atomic E-state index is 13.3. The molecule has 5 aliphatic carbocycles. The summed E-state index contributed by atoms with van der Waals surface area (Å²) in [6.45, 7) is 22.2. The van der Waals surface area contributed by atoms with Gasteiger partial charge in [-0.1, -0.05) is 52.8 Å². The molecule has 0 heterocycles. The average molecular weight is 689 g/mol. The van der Waals surface area contributed by atoms with Gasteiger partial charge in [0, 0.05) is 25.3 Å². The van der Waals surface area contributed by atoms with Crippen molar-refractivity contribution in [2.75, 3.05) is 6.61 Å². The van der Waals surface area contributed by atoms with Crippen molar-refractivity contribution in [3.8, 4) is 11.5 Å². The summed E-state index contributed by atoms with van der Waals surface area (Å²) in [5, 5.41) is 11.1. The minimum atomic E-state index is -0.539. The summed E-state index contributed by atoms with van der Waals surface area (Å²) in [5.41, 5.74) is 2.42. The van der Waals surface area contributed by atoms with Crippen molar-refractivity contribution < 1.29 is 33.7 Å². The van der Waals surface area contributed by atoms with Crippen molar-refractivity contribution >= 4 is 24.0 Å². The molecule has 274 valence electrons. The normalized spacial score (nSPS) is 40.1. The van der Waals surface area contributed by atoms with E-state index in [1.54, 1.807) is 24.3 Å². The zero-order valence-corrected chi connectivity index (χ0v) is 31.7. The highest BCUT2D eigenvalue weighted by atomic mass is 16.6. The van der Waals surface area contributed by atoms with Gasteiger partial charge in [-0.05, 0) is 146 Å². The van der Waals surface area contributed by atoms with Gasteiger partial charge in [-0.3, -0.25) is 9.59 Å². The Morgan fingerprint density at radius 1 is 0.820 bits per heavy atom. The molecule has 0 bridgehead atoms. The molecule has 0 unspecified atom stereocenters. The number of allylic oxidation sites excluding steroid dienone is 1. The molecule has 1 N–H and O–H groups in total. The lowest BCUT2D eigenvalue weighted by atomic mass is 9.32. The molecule has 1 aromatic carbocycles. The number of hydrogen-bond donors (Lipinski definition) is 1. The number of carbonyl (C=O) groups excluding carboxylic acids is 3. The third-order valence-corrected chi connectivity index (χ3v) is 15.6.